The van der Waals surface area contributed by atoms with Gasteiger partial charge in [0.2, 0.25) is 5.54 Å². The van der Waals surface area contributed by atoms with Crippen molar-refractivity contribution in [1.82, 2.24) is 5.01 Å². The van der Waals surface area contributed by atoms with E-state index in [9.17, 15) is 15.3 Å². The average Bonchev–Trinajstić information content (AvgIpc) is 2.95. The summed E-state index contributed by atoms with van der Waals surface area (Å²) in [6, 6.07) is 11.2. The molecule has 1 fully saturated rings. The third-order valence-electron chi connectivity index (χ3n) is 4.31. The minimum Gasteiger partial charge on any atom is -0.465 e. The largest absolute Gasteiger partial charge is 0.465 e. The van der Waals surface area contributed by atoms with Crippen LogP contribution in [-0.4, -0.2) is 29.3 Å². The average molecular weight is 308 g/mol. The summed E-state index contributed by atoms with van der Waals surface area (Å²) in [5, 5.41) is 24.8. The van der Waals surface area contributed by atoms with E-state index in [0.717, 1.165) is 17.5 Å². The molecule has 0 spiro atoms. The summed E-state index contributed by atoms with van der Waals surface area (Å²) in [4.78, 5) is 12.5. The van der Waals surface area contributed by atoms with E-state index in [4.69, 9.17) is 4.74 Å². The summed E-state index contributed by atoms with van der Waals surface area (Å²) < 4.78 is 5.29. The van der Waals surface area contributed by atoms with Gasteiger partial charge in [-0.15, -0.1) is 0 Å². The lowest BCUT2D eigenvalue weighted by Crippen LogP contribution is -2.40. The van der Waals surface area contributed by atoms with E-state index in [1.807, 2.05) is 43.3 Å². The van der Waals surface area contributed by atoms with Gasteiger partial charge in [-0.05, 0) is 17.5 Å². The summed E-state index contributed by atoms with van der Waals surface area (Å²) in [6.45, 7) is 2.25. The third kappa shape index (κ3) is 2.24. The lowest BCUT2D eigenvalue weighted by molar-refractivity contribution is -0.149. The number of carbonyl (C=O) groups is 1. The van der Waals surface area contributed by atoms with Crippen LogP contribution in [0.1, 0.15) is 36.9 Å². The monoisotopic (exact) mass is 308 g/mol. The molecule has 1 aromatic carbocycles. The molecule has 2 aliphatic heterocycles. The van der Waals surface area contributed by atoms with Crippen molar-refractivity contribution in [2.45, 2.75) is 31.3 Å². The van der Waals surface area contributed by atoms with Gasteiger partial charge in [0.05, 0.1) is 24.8 Å². The zero-order valence-corrected chi connectivity index (χ0v) is 12.8. The van der Waals surface area contributed by atoms with Gasteiger partial charge in [0.15, 0.2) is 0 Å². The first-order chi connectivity index (χ1) is 11.2. The Balaban J connectivity index is 2.06. The van der Waals surface area contributed by atoms with Crippen molar-refractivity contribution in [3.63, 3.8) is 0 Å². The Morgan fingerprint density at radius 3 is 2.87 bits per heavy atom. The van der Waals surface area contributed by atoms with Crippen molar-refractivity contribution in [3.8, 4) is 12.1 Å². The molecule has 0 saturated carbocycles. The maximum Gasteiger partial charge on any atom is 0.311 e. The molecule has 2 atom stereocenters. The van der Waals surface area contributed by atoms with E-state index in [1.165, 1.54) is 5.01 Å². The van der Waals surface area contributed by atoms with Gasteiger partial charge in [0, 0.05) is 6.42 Å². The second-order valence-electron chi connectivity index (χ2n) is 5.72. The number of ether oxygens (including phenoxy) is 1. The first-order valence-electron chi connectivity index (χ1n) is 7.58. The SMILES string of the molecule is CCCOC(=O)[C@@H]1CC(C#N)(C#N)N2N=Cc3ccccc3[C@@H]12. The fourth-order valence-electron chi connectivity index (χ4n) is 3.21. The van der Waals surface area contributed by atoms with E-state index < -0.39 is 17.5 Å². The van der Waals surface area contributed by atoms with Crippen LogP contribution in [0.4, 0.5) is 0 Å². The number of carbonyl (C=O) groups excluding carboxylic acids is 1. The zero-order chi connectivity index (χ0) is 16.4. The molecule has 0 amide bonds. The molecule has 0 N–H and O–H groups in total. The summed E-state index contributed by atoms with van der Waals surface area (Å²) >= 11 is 0. The van der Waals surface area contributed by atoms with Gasteiger partial charge in [-0.1, -0.05) is 31.2 Å². The molecule has 0 radical (unpaired) electrons. The smallest absolute Gasteiger partial charge is 0.311 e. The Bertz CT molecular complexity index is 730. The molecule has 2 heterocycles. The van der Waals surface area contributed by atoms with Gasteiger partial charge in [-0.25, -0.2) is 0 Å². The molecule has 1 aromatic rings. The Kier molecular flexibility index (Phi) is 3.75. The van der Waals surface area contributed by atoms with E-state index >= 15 is 0 Å². The number of esters is 1. The molecule has 0 aliphatic carbocycles. The maximum absolute atomic E-state index is 12.5. The van der Waals surface area contributed by atoms with Crippen LogP contribution in [0.3, 0.4) is 0 Å². The molecule has 116 valence electrons. The molecule has 6 heteroatoms. The summed E-state index contributed by atoms with van der Waals surface area (Å²) in [7, 11) is 0. The number of fused-ring (bicyclic) bond motifs is 3. The Morgan fingerprint density at radius 1 is 1.43 bits per heavy atom. The van der Waals surface area contributed by atoms with Gasteiger partial charge in [-0.2, -0.15) is 15.6 Å². The quantitative estimate of drug-likeness (QED) is 0.798. The van der Waals surface area contributed by atoms with Crippen LogP contribution in [0.15, 0.2) is 29.4 Å². The van der Waals surface area contributed by atoms with Crippen molar-refractivity contribution < 1.29 is 9.53 Å². The predicted octanol–water partition coefficient (Wildman–Crippen LogP) is 2.14. The fourth-order valence-corrected chi connectivity index (χ4v) is 3.21. The number of rotatable bonds is 3. The summed E-state index contributed by atoms with van der Waals surface area (Å²) in [5.74, 6) is -0.958. The van der Waals surface area contributed by atoms with Crippen LogP contribution in [0, 0.1) is 28.6 Å². The molecule has 3 rings (SSSR count). The molecule has 23 heavy (non-hydrogen) atoms. The molecule has 2 aliphatic rings. The lowest BCUT2D eigenvalue weighted by atomic mass is 9.88. The minimum absolute atomic E-state index is 0.0961. The maximum atomic E-state index is 12.5. The number of nitrogens with zero attached hydrogens (tertiary/aromatic N) is 4. The zero-order valence-electron chi connectivity index (χ0n) is 12.8. The highest BCUT2D eigenvalue weighted by Gasteiger charge is 2.57. The summed E-state index contributed by atoms with van der Waals surface area (Å²) in [5.41, 5.74) is 0.354. The second-order valence-corrected chi connectivity index (χ2v) is 5.72. The van der Waals surface area contributed by atoms with Crippen LogP contribution in [-0.2, 0) is 9.53 Å². The molecule has 6 nitrogen and oxygen atoms in total. The molecule has 1 saturated heterocycles. The number of benzene rings is 1. The van der Waals surface area contributed by atoms with Crippen LogP contribution < -0.4 is 0 Å². The van der Waals surface area contributed by atoms with Crippen LogP contribution in [0.25, 0.3) is 0 Å². The van der Waals surface area contributed by atoms with Gasteiger partial charge in [0.1, 0.15) is 12.1 Å². The van der Waals surface area contributed by atoms with Crippen molar-refractivity contribution in [2.24, 2.45) is 11.0 Å². The molecular weight excluding hydrogens is 292 g/mol. The highest BCUT2D eigenvalue weighted by Crippen LogP contribution is 2.49. The Morgan fingerprint density at radius 2 is 2.17 bits per heavy atom. The van der Waals surface area contributed by atoms with Crippen LogP contribution in [0.2, 0.25) is 0 Å². The van der Waals surface area contributed by atoms with Crippen molar-refractivity contribution >= 4 is 12.2 Å². The first kappa shape index (κ1) is 15.1. The molecule has 0 bridgehead atoms. The van der Waals surface area contributed by atoms with E-state index in [0.29, 0.717) is 6.61 Å². The number of hydrogen-bond donors (Lipinski definition) is 0. The first-order valence-corrected chi connectivity index (χ1v) is 7.58. The number of hydrogen-bond acceptors (Lipinski definition) is 6. The molecule has 0 aromatic heterocycles. The van der Waals surface area contributed by atoms with Crippen molar-refractivity contribution in [1.29, 1.82) is 10.5 Å². The lowest BCUT2D eigenvalue weighted by Gasteiger charge is -2.33. The predicted molar refractivity (Wildman–Crippen MR) is 81.9 cm³/mol. The Labute approximate surface area is 134 Å². The molecule has 0 unspecified atom stereocenters. The normalized spacial score (nSPS) is 23.3. The van der Waals surface area contributed by atoms with Crippen molar-refractivity contribution in [2.75, 3.05) is 6.61 Å². The minimum atomic E-state index is -1.44. The van der Waals surface area contributed by atoms with Gasteiger partial charge < -0.3 is 4.74 Å². The summed E-state index contributed by atoms with van der Waals surface area (Å²) in [6.07, 6.45) is 2.46. The van der Waals surface area contributed by atoms with E-state index in [1.54, 1.807) is 6.21 Å². The van der Waals surface area contributed by atoms with E-state index in [2.05, 4.69) is 5.10 Å². The topological polar surface area (TPSA) is 89.5 Å². The Hall–Kier alpha value is -2.86. The number of nitriles is 2. The highest BCUT2D eigenvalue weighted by molar-refractivity contribution is 5.85. The highest BCUT2D eigenvalue weighted by atomic mass is 16.5. The fraction of sp³-hybridized carbons (Fsp3) is 0.412. The standard InChI is InChI=1S/C17H16N4O2/c1-2-7-23-16(22)14-8-17(10-18,11-19)21-15(14)13-6-4-3-5-12(13)9-20-21/h3-6,9,14-15H,2,7-8H2,1H3/t14-,15+/m1/s1. The van der Waals surface area contributed by atoms with Gasteiger partial charge in [-0.3, -0.25) is 9.80 Å². The molecular formula is C17H16N4O2. The van der Waals surface area contributed by atoms with Crippen molar-refractivity contribution in [3.05, 3.63) is 35.4 Å². The number of hydrazone groups is 1. The third-order valence-corrected chi connectivity index (χ3v) is 4.31. The van der Waals surface area contributed by atoms with Crippen LogP contribution in [0.5, 0.6) is 0 Å². The van der Waals surface area contributed by atoms with Crippen LogP contribution >= 0.6 is 0 Å². The van der Waals surface area contributed by atoms with E-state index in [-0.39, 0.29) is 12.4 Å². The second kappa shape index (κ2) is 5.73. The van der Waals surface area contributed by atoms with Gasteiger partial charge >= 0.3 is 5.97 Å². The van der Waals surface area contributed by atoms with Gasteiger partial charge in [0.25, 0.3) is 0 Å².